The van der Waals surface area contributed by atoms with Crippen LogP contribution in [0.5, 0.6) is 17.2 Å². The standard InChI is InChI=1S/C20H20N2O4S/c1-12-5-8-14(9-6-12)21-20-22-19(23)16(27-20)11-13-7-10-15(24-2)18(26-4)17(13)25-3/h5-11H,1-4H3,(H,21,22,23)/b16-11+. The fourth-order valence-electron chi connectivity index (χ4n) is 2.60. The van der Waals surface area contributed by atoms with E-state index in [9.17, 15) is 4.79 Å². The highest BCUT2D eigenvalue weighted by Crippen LogP contribution is 2.41. The van der Waals surface area contributed by atoms with Crippen LogP contribution in [0.1, 0.15) is 11.1 Å². The van der Waals surface area contributed by atoms with Crippen LogP contribution in [0.2, 0.25) is 0 Å². The predicted octanol–water partition coefficient (Wildman–Crippen LogP) is 3.91. The molecule has 1 fully saturated rings. The van der Waals surface area contributed by atoms with Crippen molar-refractivity contribution in [1.82, 2.24) is 5.32 Å². The lowest BCUT2D eigenvalue weighted by Crippen LogP contribution is -2.19. The minimum atomic E-state index is -0.206. The van der Waals surface area contributed by atoms with Gasteiger partial charge in [0.1, 0.15) is 0 Å². The topological polar surface area (TPSA) is 69.2 Å². The van der Waals surface area contributed by atoms with Crippen molar-refractivity contribution in [1.29, 1.82) is 0 Å². The van der Waals surface area contributed by atoms with Crippen molar-refractivity contribution in [2.75, 3.05) is 21.3 Å². The highest BCUT2D eigenvalue weighted by Gasteiger charge is 2.25. The lowest BCUT2D eigenvalue weighted by Gasteiger charge is -2.14. The van der Waals surface area contributed by atoms with E-state index in [0.29, 0.717) is 32.9 Å². The van der Waals surface area contributed by atoms with E-state index in [2.05, 4.69) is 10.3 Å². The Balaban J connectivity index is 1.92. The van der Waals surface area contributed by atoms with E-state index >= 15 is 0 Å². The van der Waals surface area contributed by atoms with E-state index in [1.165, 1.54) is 11.8 Å². The second-order valence-corrected chi connectivity index (χ2v) is 6.77. The second kappa shape index (κ2) is 8.18. The monoisotopic (exact) mass is 384 g/mol. The number of rotatable bonds is 5. The first-order valence-corrected chi connectivity index (χ1v) is 9.02. The molecule has 0 aromatic heterocycles. The van der Waals surface area contributed by atoms with Gasteiger partial charge in [-0.15, -0.1) is 0 Å². The molecule has 0 bridgehead atoms. The summed E-state index contributed by atoms with van der Waals surface area (Å²) in [6.07, 6.45) is 1.75. The number of nitrogens with one attached hydrogen (secondary N) is 1. The maximum absolute atomic E-state index is 12.3. The molecule has 0 aliphatic carbocycles. The molecule has 2 aromatic rings. The molecular weight excluding hydrogens is 364 g/mol. The fraction of sp³-hybridized carbons (Fsp3) is 0.200. The molecule has 7 heteroatoms. The Morgan fingerprint density at radius 1 is 0.963 bits per heavy atom. The normalized spacial score (nSPS) is 16.5. The van der Waals surface area contributed by atoms with Crippen molar-refractivity contribution in [2.45, 2.75) is 6.92 Å². The molecule has 140 valence electrons. The molecule has 6 nitrogen and oxygen atoms in total. The number of carbonyl (C=O) groups is 1. The largest absolute Gasteiger partial charge is 0.493 e. The molecule has 1 N–H and O–H groups in total. The number of aryl methyl sites for hydroxylation is 1. The summed E-state index contributed by atoms with van der Waals surface area (Å²) >= 11 is 1.28. The molecule has 3 rings (SSSR count). The Hall–Kier alpha value is -2.93. The molecule has 0 saturated carbocycles. The highest BCUT2D eigenvalue weighted by molar-refractivity contribution is 8.18. The van der Waals surface area contributed by atoms with Crippen molar-refractivity contribution in [3.63, 3.8) is 0 Å². The van der Waals surface area contributed by atoms with Crippen LogP contribution in [-0.4, -0.2) is 32.4 Å². The first-order chi connectivity index (χ1) is 13.0. The van der Waals surface area contributed by atoms with Gasteiger partial charge in [-0.2, -0.15) is 0 Å². The van der Waals surface area contributed by atoms with Gasteiger partial charge in [-0.05, 0) is 49.0 Å². The number of ether oxygens (including phenoxy) is 3. The number of aliphatic imine (C=N–C) groups is 1. The predicted molar refractivity (Wildman–Crippen MR) is 108 cm³/mol. The van der Waals surface area contributed by atoms with Crippen LogP contribution < -0.4 is 19.5 Å². The van der Waals surface area contributed by atoms with E-state index in [1.54, 1.807) is 33.5 Å². The van der Waals surface area contributed by atoms with Gasteiger partial charge in [-0.1, -0.05) is 17.7 Å². The number of hydrogen-bond acceptors (Lipinski definition) is 6. The zero-order chi connectivity index (χ0) is 19.4. The third-order valence-electron chi connectivity index (χ3n) is 3.94. The average Bonchev–Trinajstić information content (AvgIpc) is 3.01. The summed E-state index contributed by atoms with van der Waals surface area (Å²) in [5.41, 5.74) is 2.65. The number of carbonyl (C=O) groups excluding carboxylic acids is 1. The van der Waals surface area contributed by atoms with Gasteiger partial charge in [0, 0.05) is 5.56 Å². The van der Waals surface area contributed by atoms with Gasteiger partial charge < -0.3 is 19.5 Å². The Bertz CT molecular complexity index is 920. The van der Waals surface area contributed by atoms with Crippen LogP contribution in [0.4, 0.5) is 5.69 Å². The van der Waals surface area contributed by atoms with Crippen LogP contribution >= 0.6 is 11.8 Å². The van der Waals surface area contributed by atoms with Gasteiger partial charge in [-0.25, -0.2) is 4.99 Å². The van der Waals surface area contributed by atoms with Gasteiger partial charge in [-0.3, -0.25) is 4.79 Å². The van der Waals surface area contributed by atoms with Gasteiger partial charge >= 0.3 is 0 Å². The van der Waals surface area contributed by atoms with Gasteiger partial charge in [0.15, 0.2) is 16.7 Å². The average molecular weight is 384 g/mol. The van der Waals surface area contributed by atoms with Gasteiger partial charge in [0.25, 0.3) is 5.91 Å². The van der Waals surface area contributed by atoms with Crippen LogP contribution in [0.3, 0.4) is 0 Å². The minimum absolute atomic E-state index is 0.206. The molecule has 27 heavy (non-hydrogen) atoms. The number of amidine groups is 1. The molecule has 1 aliphatic rings. The molecule has 0 atom stereocenters. The summed E-state index contributed by atoms with van der Waals surface area (Å²) in [4.78, 5) is 17.3. The van der Waals surface area contributed by atoms with Crippen molar-refractivity contribution in [2.24, 2.45) is 4.99 Å². The molecule has 0 radical (unpaired) electrons. The number of nitrogens with zero attached hydrogens (tertiary/aromatic N) is 1. The second-order valence-electron chi connectivity index (χ2n) is 5.74. The number of methoxy groups -OCH3 is 3. The van der Waals surface area contributed by atoms with E-state index in [-0.39, 0.29) is 5.91 Å². The summed E-state index contributed by atoms with van der Waals surface area (Å²) in [5, 5.41) is 3.32. The SMILES string of the molecule is COc1ccc(/C=C2/SC(=Nc3ccc(C)cc3)NC2=O)c(OC)c1OC. The molecule has 1 heterocycles. The molecule has 1 aliphatic heterocycles. The van der Waals surface area contributed by atoms with Gasteiger partial charge in [0.05, 0.1) is 31.9 Å². The minimum Gasteiger partial charge on any atom is -0.493 e. The summed E-state index contributed by atoms with van der Waals surface area (Å²) in [6.45, 7) is 2.01. The molecule has 0 spiro atoms. The third kappa shape index (κ3) is 4.09. The van der Waals surface area contributed by atoms with Crippen molar-refractivity contribution >= 4 is 34.6 Å². The number of hydrogen-bond donors (Lipinski definition) is 1. The third-order valence-corrected chi connectivity index (χ3v) is 4.85. The summed E-state index contributed by atoms with van der Waals surface area (Å²) < 4.78 is 16.1. The Kier molecular flexibility index (Phi) is 5.71. The van der Waals surface area contributed by atoms with Crippen LogP contribution in [0.25, 0.3) is 6.08 Å². The maximum Gasteiger partial charge on any atom is 0.264 e. The number of benzene rings is 2. The molecule has 1 amide bonds. The summed E-state index contributed by atoms with van der Waals surface area (Å²) in [7, 11) is 4.65. The molecule has 2 aromatic carbocycles. The molecular formula is C20H20N2O4S. The first-order valence-electron chi connectivity index (χ1n) is 8.21. The van der Waals surface area contributed by atoms with E-state index in [0.717, 1.165) is 11.3 Å². The summed E-state index contributed by atoms with van der Waals surface area (Å²) in [5.74, 6) is 1.33. The first kappa shape index (κ1) is 18.8. The smallest absolute Gasteiger partial charge is 0.264 e. The molecule has 0 unspecified atom stereocenters. The van der Waals surface area contributed by atoms with Crippen molar-refractivity contribution in [3.05, 3.63) is 52.4 Å². The quantitative estimate of drug-likeness (QED) is 0.792. The Labute approximate surface area is 162 Å². The van der Waals surface area contributed by atoms with Crippen molar-refractivity contribution in [3.8, 4) is 17.2 Å². The lowest BCUT2D eigenvalue weighted by atomic mass is 10.1. The fourth-order valence-corrected chi connectivity index (χ4v) is 3.43. The van der Waals surface area contributed by atoms with Crippen LogP contribution in [0, 0.1) is 6.92 Å². The van der Waals surface area contributed by atoms with E-state index < -0.39 is 0 Å². The lowest BCUT2D eigenvalue weighted by molar-refractivity contribution is -0.115. The Morgan fingerprint density at radius 2 is 1.67 bits per heavy atom. The van der Waals surface area contributed by atoms with Gasteiger partial charge in [0.2, 0.25) is 5.75 Å². The van der Waals surface area contributed by atoms with Crippen molar-refractivity contribution < 1.29 is 19.0 Å². The van der Waals surface area contributed by atoms with Crippen LogP contribution in [0.15, 0.2) is 46.3 Å². The van der Waals surface area contributed by atoms with Crippen LogP contribution in [-0.2, 0) is 4.79 Å². The highest BCUT2D eigenvalue weighted by atomic mass is 32.2. The van der Waals surface area contributed by atoms with E-state index in [1.807, 2.05) is 37.3 Å². The Morgan fingerprint density at radius 3 is 2.30 bits per heavy atom. The maximum atomic E-state index is 12.3. The summed E-state index contributed by atoms with van der Waals surface area (Å²) in [6, 6.07) is 11.4. The van der Waals surface area contributed by atoms with E-state index in [4.69, 9.17) is 14.2 Å². The number of thioether (sulfide) groups is 1. The zero-order valence-corrected chi connectivity index (χ0v) is 16.3. The molecule has 1 saturated heterocycles. The zero-order valence-electron chi connectivity index (χ0n) is 15.5. The number of amides is 1.